The van der Waals surface area contributed by atoms with Crippen molar-refractivity contribution < 1.29 is 39.0 Å². The Kier molecular flexibility index (Phi) is 30.8. The van der Waals surface area contributed by atoms with Crippen LogP contribution >= 0.6 is 475 Å². The molecule has 0 fully saturated rings. The first-order valence-electron chi connectivity index (χ1n) is 30.3. The van der Waals surface area contributed by atoms with Crippen LogP contribution in [-0.4, -0.2) is 52.5 Å². The van der Waals surface area contributed by atoms with Crippen molar-refractivity contribution in [1.82, 2.24) is 0 Å². The second kappa shape index (κ2) is 37.0. The topological polar surface area (TPSA) is 212 Å². The fourth-order valence-electron chi connectivity index (χ4n) is 13.2. The first-order valence-corrected chi connectivity index (χ1v) is 53.2. The van der Waals surface area contributed by atoms with Gasteiger partial charge in [0, 0.05) is 106 Å². The number of benzene rings is 8. The average molecular weight is 3350 g/mol. The normalized spacial score (nSPS) is 20.5. The number of aliphatic imine (C=N–C) groups is 8. The maximum Gasteiger partial charge on any atom is 0.0707 e. The molecule has 0 aliphatic carbocycles. The molecular formula is C65H12Br24Cl8N16Zn2-8. The summed E-state index contributed by atoms with van der Waals surface area (Å²) in [5, 5.41) is 44.2. The molecule has 0 amide bonds. The van der Waals surface area contributed by atoms with E-state index in [0.29, 0.717) is 273 Å². The van der Waals surface area contributed by atoms with E-state index in [-0.39, 0.29) is 39.0 Å². The number of hydrogen-bond acceptors (Lipinski definition) is 8. The Morgan fingerprint density at radius 3 is 0.513 bits per heavy atom. The predicted octanol–water partition coefficient (Wildman–Crippen LogP) is 38.4. The third kappa shape index (κ3) is 15.7. The van der Waals surface area contributed by atoms with E-state index >= 15 is 0 Å². The van der Waals surface area contributed by atoms with Crippen molar-refractivity contribution in [1.29, 1.82) is 0 Å². The molecule has 588 valence electrons. The predicted molar refractivity (Wildman–Crippen MR) is 545 cm³/mol. The van der Waals surface area contributed by atoms with Gasteiger partial charge in [0.1, 0.15) is 0 Å². The number of alkyl halides is 1. The van der Waals surface area contributed by atoms with E-state index in [1.807, 2.05) is 5.83 Å². The Labute approximate surface area is 920 Å². The molecule has 18 rings (SSSR count). The SMILES string of the molecule is CBr.Clc1c(Br)c(Br)c2c(c1Br)C1=NC3[N-]C(=NC4[N-]C(=NC5[N-]C(=NC2[N-]1)c1c(Br)c(Cl)c(Br)c(Br)c15)c1c(Br)c(Cl)c(Br)c(Br)c14)c1c(Br)c(Cl)c(Br)c(Br)c13.Clc1cc2c(c(Br)c1Br)C1N=C3[N-]C(N=C4[N-]C(N=C5[N-]C(N=C2[N-]1)c1c(Br)c(Br)c(Cl)c(Br)c15)c1c(Br)c(Br)c(Cl)c(Br)c14)c1c(Br)c(Br)c(Cl)c(Br)c13.[Zn].[Zn]. The van der Waals surface area contributed by atoms with E-state index in [4.69, 9.17) is 175 Å². The third-order valence-corrected chi connectivity index (χ3v) is 47.2. The smallest absolute Gasteiger partial charge is 0.0707 e. The number of nitrogens with zero attached hydrogens (tertiary/aromatic N) is 16. The Bertz CT molecular complexity index is 5760. The van der Waals surface area contributed by atoms with Crippen LogP contribution in [0.5, 0.6) is 0 Å². The van der Waals surface area contributed by atoms with Gasteiger partial charge in [-0.05, 0) is 517 Å². The maximum atomic E-state index is 6.87. The minimum Gasteiger partial charge on any atom is -0.458 e. The maximum absolute atomic E-state index is 6.87. The van der Waals surface area contributed by atoms with Gasteiger partial charge in [0.05, 0.1) is 76.0 Å². The summed E-state index contributed by atoms with van der Waals surface area (Å²) < 4.78 is 14.0. The fraction of sp³-hybridized carbons (Fsp3) is 0.138. The van der Waals surface area contributed by atoms with Crippen LogP contribution in [0.25, 0.3) is 42.5 Å². The van der Waals surface area contributed by atoms with Gasteiger partial charge in [-0.3, -0.25) is 0 Å². The van der Waals surface area contributed by atoms with Gasteiger partial charge < -0.3 is 82.5 Å². The second-order valence-electron chi connectivity index (χ2n) is 23.9. The molecule has 8 aromatic carbocycles. The minimum atomic E-state index is -0.856. The molecule has 0 aromatic heterocycles. The van der Waals surface area contributed by atoms with Gasteiger partial charge in [-0.25, -0.2) is 0 Å². The number of hydrogen-bond donors (Lipinski definition) is 0. The summed E-state index contributed by atoms with van der Waals surface area (Å²) in [4.78, 5) is 41.6. The summed E-state index contributed by atoms with van der Waals surface area (Å²) in [6.07, 6.45) is -6.76. The van der Waals surface area contributed by atoms with E-state index in [1.165, 1.54) is 0 Å². The number of amidine groups is 8. The molecule has 115 heavy (non-hydrogen) atoms. The molecule has 0 N–H and O–H groups in total. The summed E-state index contributed by atoms with van der Waals surface area (Å²) in [7, 11) is 0. The van der Waals surface area contributed by atoms with Gasteiger partial charge in [0.2, 0.25) is 0 Å². The van der Waals surface area contributed by atoms with Crippen LogP contribution in [0.3, 0.4) is 0 Å². The van der Waals surface area contributed by atoms with E-state index < -0.39 is 49.3 Å². The largest absolute Gasteiger partial charge is 0.458 e. The first kappa shape index (κ1) is 95.7. The number of rotatable bonds is 0. The second-order valence-corrected chi connectivity index (χ2v) is 45.2. The van der Waals surface area contributed by atoms with Crippen LogP contribution in [-0.2, 0) is 39.0 Å². The van der Waals surface area contributed by atoms with E-state index in [9.17, 15) is 0 Å². The summed E-state index contributed by atoms with van der Waals surface area (Å²) >= 11 is 143. The molecule has 0 radical (unpaired) electrons. The number of fused-ring (bicyclic) bond motifs is 40. The van der Waals surface area contributed by atoms with Gasteiger partial charge in [-0.15, -0.1) is 0 Å². The quantitative estimate of drug-likeness (QED) is 0.0600. The Morgan fingerprint density at radius 2 is 0.339 bits per heavy atom. The molecule has 0 saturated carbocycles. The van der Waals surface area contributed by atoms with Crippen LogP contribution < -0.4 is 0 Å². The summed E-state index contributed by atoms with van der Waals surface area (Å²) in [5.41, 5.74) is 10.6. The molecule has 16 bridgehead atoms. The minimum absolute atomic E-state index is 0. The zero-order valence-electron chi connectivity index (χ0n) is 54.4. The van der Waals surface area contributed by atoms with Gasteiger partial charge in [-0.1, -0.05) is 155 Å². The van der Waals surface area contributed by atoms with Crippen molar-refractivity contribution in [3.05, 3.63) is 281 Å². The molecule has 50 heteroatoms. The van der Waals surface area contributed by atoms with Crippen molar-refractivity contribution in [2.45, 2.75) is 49.3 Å². The van der Waals surface area contributed by atoms with Gasteiger partial charge in [0.25, 0.3) is 0 Å². The molecule has 10 aliphatic rings. The van der Waals surface area contributed by atoms with Crippen LogP contribution in [0, 0.1) is 0 Å². The first-order chi connectivity index (χ1) is 53.4. The van der Waals surface area contributed by atoms with Crippen molar-refractivity contribution in [3.8, 4) is 0 Å². The summed E-state index contributed by atoms with van der Waals surface area (Å²) in [5.74, 6) is 4.57. The molecule has 10 aliphatic heterocycles. The molecule has 0 spiro atoms. The van der Waals surface area contributed by atoms with Crippen LogP contribution in [0.15, 0.2) is 149 Å². The molecule has 16 nitrogen and oxygen atoms in total. The molecule has 0 saturated heterocycles. The molecule has 8 atom stereocenters. The van der Waals surface area contributed by atoms with Gasteiger partial charge in [0.15, 0.2) is 0 Å². The van der Waals surface area contributed by atoms with E-state index in [0.717, 1.165) is 5.56 Å². The molecule has 10 heterocycles. The Hall–Kier alpha value is 4.61. The van der Waals surface area contributed by atoms with Crippen molar-refractivity contribution in [2.24, 2.45) is 39.9 Å². The van der Waals surface area contributed by atoms with Crippen molar-refractivity contribution in [2.75, 3.05) is 5.83 Å². The molecule has 8 aromatic rings. The van der Waals surface area contributed by atoms with Crippen molar-refractivity contribution >= 4 is 522 Å². The Balaban J connectivity index is 0.000000183. The zero-order valence-corrected chi connectivity index (χ0v) is 104. The fourth-order valence-corrected chi connectivity index (χ4v) is 29.7. The Morgan fingerprint density at radius 1 is 0.200 bits per heavy atom. The standard InChI is InChI=1S/C32H4Br12Cl4N8.C32H5Br11Cl4N8.CH3Br.2Zn/c33-9-1-5(13(37)21(45)17(9)41)29-49-25(1)53-30-6-2(10(34)18(42)22(46)14(6)38)27(50-30)55-32-8-4(12(36)20(44)24(48)16(8)40)28(52-32)56-31-7-3(26(51-31)54-29)11(35)19(43)23(47)15(7)39;33-11-3(44)1-2-4(12(11)34)26-48-25(2)49-27-5-8(16(38)22(45)19(41)13(5)35)31(51-27)53-29-7-10(18(40)24(47)21(43)15(7)37)32(55-29)54-28-6-9(30(50-26)52-28)17(39)23(46)20(42)14(6)36;1-2;;/h25-28H;1,26-29H;1H3;;/q2*-4;;;. The summed E-state index contributed by atoms with van der Waals surface area (Å²) in [6.45, 7) is 0. The van der Waals surface area contributed by atoms with E-state index in [2.05, 4.69) is 382 Å². The summed E-state index contributed by atoms with van der Waals surface area (Å²) in [6, 6.07) is 1.80. The van der Waals surface area contributed by atoms with Gasteiger partial charge in [-0.2, -0.15) is 0 Å². The van der Waals surface area contributed by atoms with Crippen molar-refractivity contribution in [3.63, 3.8) is 0 Å². The molecular weight excluding hydrogens is 3340 g/mol. The van der Waals surface area contributed by atoms with Gasteiger partial charge >= 0.3 is 0 Å². The van der Waals surface area contributed by atoms with Crippen LogP contribution in [0.2, 0.25) is 40.2 Å². The average Bonchev–Trinajstić information content (AvgIpc) is 1.57. The van der Waals surface area contributed by atoms with E-state index in [1.54, 1.807) is 6.07 Å². The molecule has 8 unspecified atom stereocenters. The van der Waals surface area contributed by atoms with Crippen LogP contribution in [0.1, 0.15) is 138 Å². The number of halogens is 32. The monoisotopic (exact) mass is 3320 g/mol. The van der Waals surface area contributed by atoms with Crippen LogP contribution in [0.4, 0.5) is 0 Å². The third-order valence-electron chi connectivity index (χ3n) is 18.1. The zero-order chi connectivity index (χ0) is 81.4.